The minimum absolute atomic E-state index is 0.0382. The number of carbonyl (C=O) groups excluding carboxylic acids is 3. The molecule has 0 spiro atoms. The second-order valence-electron chi connectivity index (χ2n) is 9.93. The molecule has 2 aromatic rings. The summed E-state index contributed by atoms with van der Waals surface area (Å²) in [5, 5.41) is 2.75. The number of hydrogen-bond donors (Lipinski definition) is 1. The first-order valence-electron chi connectivity index (χ1n) is 13.6. The van der Waals surface area contributed by atoms with Crippen LogP contribution < -0.4 is 14.8 Å². The lowest BCUT2D eigenvalue weighted by molar-refractivity contribution is -0.142. The van der Waals surface area contributed by atoms with Gasteiger partial charge < -0.3 is 29.0 Å². The van der Waals surface area contributed by atoms with E-state index in [1.807, 2.05) is 48.5 Å². The molecule has 9 nitrogen and oxygen atoms in total. The highest BCUT2D eigenvalue weighted by atomic mass is 16.5. The third-order valence-corrected chi connectivity index (χ3v) is 6.65. The molecule has 0 aliphatic heterocycles. The number of carbonyl (C=O) groups is 3. The minimum Gasteiger partial charge on any atom is -0.493 e. The third kappa shape index (κ3) is 11.7. The van der Waals surface area contributed by atoms with E-state index >= 15 is 0 Å². The van der Waals surface area contributed by atoms with Gasteiger partial charge in [-0.2, -0.15) is 0 Å². The number of rotatable bonds is 18. The van der Waals surface area contributed by atoms with Crippen molar-refractivity contribution < 1.29 is 38.1 Å². The number of Topliss-reactive ketones (excluding diaryl/α,β-unsaturated/α-hetero) is 1. The van der Waals surface area contributed by atoms with Crippen LogP contribution in [0.2, 0.25) is 0 Å². The SMILES string of the molecule is COCCCOc1cc(CC(CC(NC(=O)OCc2ccccc2)C(=O)CCC(=O)OC)C(C)C)ccc1OC. The molecule has 1 N–H and O–H groups in total. The van der Waals surface area contributed by atoms with Crippen molar-refractivity contribution in [2.45, 2.75) is 58.6 Å². The Hall–Kier alpha value is -3.59. The van der Waals surface area contributed by atoms with Gasteiger partial charge in [0.25, 0.3) is 0 Å². The van der Waals surface area contributed by atoms with Crippen LogP contribution >= 0.6 is 0 Å². The first-order chi connectivity index (χ1) is 19.3. The third-order valence-electron chi connectivity index (χ3n) is 6.65. The molecule has 0 radical (unpaired) electrons. The van der Waals surface area contributed by atoms with Gasteiger partial charge in [-0.25, -0.2) is 4.79 Å². The van der Waals surface area contributed by atoms with Crippen LogP contribution in [0.15, 0.2) is 48.5 Å². The maximum atomic E-state index is 13.2. The highest BCUT2D eigenvalue weighted by Crippen LogP contribution is 2.31. The quantitative estimate of drug-likeness (QED) is 0.198. The van der Waals surface area contributed by atoms with Crippen LogP contribution in [0, 0.1) is 11.8 Å². The molecule has 2 atom stereocenters. The molecule has 0 heterocycles. The highest BCUT2D eigenvalue weighted by Gasteiger charge is 2.28. The van der Waals surface area contributed by atoms with Gasteiger partial charge in [0, 0.05) is 26.6 Å². The Morgan fingerprint density at radius 1 is 0.875 bits per heavy atom. The van der Waals surface area contributed by atoms with E-state index in [1.165, 1.54) is 7.11 Å². The molecule has 220 valence electrons. The van der Waals surface area contributed by atoms with Crippen LogP contribution in [0.25, 0.3) is 0 Å². The molecule has 9 heteroatoms. The van der Waals surface area contributed by atoms with Crippen LogP contribution in [0.4, 0.5) is 4.79 Å². The van der Waals surface area contributed by atoms with Crippen LogP contribution in [0.5, 0.6) is 11.5 Å². The summed E-state index contributed by atoms with van der Waals surface area (Å²) in [5.74, 6) is 0.801. The van der Waals surface area contributed by atoms with Gasteiger partial charge in [0.1, 0.15) is 6.61 Å². The lowest BCUT2D eigenvalue weighted by Crippen LogP contribution is -2.43. The number of amides is 1. The molecule has 0 saturated carbocycles. The van der Waals surface area contributed by atoms with Crippen molar-refractivity contribution in [3.63, 3.8) is 0 Å². The molecular formula is C31H43NO8. The van der Waals surface area contributed by atoms with Crippen molar-refractivity contribution in [1.82, 2.24) is 5.32 Å². The molecule has 0 aliphatic carbocycles. The Balaban J connectivity index is 2.15. The van der Waals surface area contributed by atoms with E-state index in [2.05, 4.69) is 23.9 Å². The van der Waals surface area contributed by atoms with Crippen molar-refractivity contribution in [2.75, 3.05) is 34.5 Å². The topological polar surface area (TPSA) is 109 Å². The van der Waals surface area contributed by atoms with Crippen molar-refractivity contribution in [2.24, 2.45) is 11.8 Å². The second-order valence-corrected chi connectivity index (χ2v) is 9.93. The molecule has 0 saturated heterocycles. The normalized spacial score (nSPS) is 12.3. The second kappa shape index (κ2) is 17.9. The summed E-state index contributed by atoms with van der Waals surface area (Å²) in [7, 11) is 4.53. The van der Waals surface area contributed by atoms with Crippen LogP contribution in [0.1, 0.15) is 50.7 Å². The smallest absolute Gasteiger partial charge is 0.408 e. The zero-order chi connectivity index (χ0) is 29.3. The van der Waals surface area contributed by atoms with Gasteiger partial charge in [-0.05, 0) is 47.9 Å². The maximum Gasteiger partial charge on any atom is 0.408 e. The monoisotopic (exact) mass is 557 g/mol. The molecule has 0 aromatic heterocycles. The van der Waals surface area contributed by atoms with Crippen molar-refractivity contribution in [1.29, 1.82) is 0 Å². The summed E-state index contributed by atoms with van der Waals surface area (Å²) in [6, 6.07) is 14.3. The maximum absolute atomic E-state index is 13.2. The Kier molecular flexibility index (Phi) is 14.6. The first kappa shape index (κ1) is 32.6. The van der Waals surface area contributed by atoms with Crippen molar-refractivity contribution in [3.8, 4) is 11.5 Å². The molecule has 0 fully saturated rings. The molecular weight excluding hydrogens is 514 g/mol. The van der Waals surface area contributed by atoms with Gasteiger partial charge in [-0.1, -0.05) is 50.2 Å². The van der Waals surface area contributed by atoms with E-state index in [1.54, 1.807) is 14.2 Å². The Labute approximate surface area is 237 Å². The van der Waals surface area contributed by atoms with E-state index in [0.717, 1.165) is 17.5 Å². The molecule has 2 aromatic carbocycles. The van der Waals surface area contributed by atoms with Gasteiger partial charge in [0.2, 0.25) is 0 Å². The summed E-state index contributed by atoms with van der Waals surface area (Å²) in [5.41, 5.74) is 1.86. The lowest BCUT2D eigenvalue weighted by atomic mass is 9.83. The van der Waals surface area contributed by atoms with Crippen molar-refractivity contribution in [3.05, 3.63) is 59.7 Å². The largest absolute Gasteiger partial charge is 0.493 e. The number of hydrogen-bond acceptors (Lipinski definition) is 8. The van der Waals surface area contributed by atoms with E-state index in [9.17, 15) is 14.4 Å². The van der Waals surface area contributed by atoms with E-state index < -0.39 is 18.1 Å². The number of esters is 1. The molecule has 2 rings (SSSR count). The zero-order valence-electron chi connectivity index (χ0n) is 24.3. The number of alkyl carbamates (subject to hydrolysis) is 1. The number of methoxy groups -OCH3 is 3. The Bertz CT molecular complexity index is 1060. The summed E-state index contributed by atoms with van der Waals surface area (Å²) in [6.07, 6.45) is 1.01. The number of nitrogens with one attached hydrogen (secondary N) is 1. The fourth-order valence-corrected chi connectivity index (χ4v) is 4.22. The van der Waals surface area contributed by atoms with Crippen LogP contribution in [-0.2, 0) is 36.8 Å². The fraction of sp³-hybridized carbons (Fsp3) is 0.516. The average Bonchev–Trinajstić information content (AvgIpc) is 2.96. The standard InChI is InChI=1S/C31H43NO8/c1-22(2)25(18-24-12-14-28(37-4)29(19-24)39-17-9-16-36-3)20-26(27(33)13-15-30(34)38-5)32-31(35)40-21-23-10-7-6-8-11-23/h6-8,10-12,14,19,22,25-26H,9,13,15-18,20-21H2,1-5H3,(H,32,35). The predicted molar refractivity (Wildman–Crippen MR) is 151 cm³/mol. The van der Waals surface area contributed by atoms with Gasteiger partial charge in [-0.15, -0.1) is 0 Å². The Morgan fingerprint density at radius 2 is 1.62 bits per heavy atom. The predicted octanol–water partition coefficient (Wildman–Crippen LogP) is 5.13. The van der Waals surface area contributed by atoms with Gasteiger partial charge in [0.15, 0.2) is 17.3 Å². The first-order valence-corrected chi connectivity index (χ1v) is 13.6. The summed E-state index contributed by atoms with van der Waals surface area (Å²) >= 11 is 0. The summed E-state index contributed by atoms with van der Waals surface area (Å²) in [4.78, 5) is 37.5. The highest BCUT2D eigenvalue weighted by molar-refractivity contribution is 5.89. The summed E-state index contributed by atoms with van der Waals surface area (Å²) < 4.78 is 26.6. The van der Waals surface area contributed by atoms with Gasteiger partial charge in [0.05, 0.1) is 33.3 Å². The Morgan fingerprint density at radius 3 is 2.27 bits per heavy atom. The zero-order valence-corrected chi connectivity index (χ0v) is 24.3. The van der Waals surface area contributed by atoms with E-state index in [0.29, 0.717) is 37.6 Å². The molecule has 2 unspecified atom stereocenters. The minimum atomic E-state index is -0.816. The van der Waals surface area contributed by atoms with E-state index in [4.69, 9.17) is 18.9 Å². The van der Waals surface area contributed by atoms with Crippen molar-refractivity contribution >= 4 is 17.8 Å². The molecule has 0 bridgehead atoms. The average molecular weight is 558 g/mol. The molecule has 0 aliphatic rings. The molecule has 40 heavy (non-hydrogen) atoms. The lowest BCUT2D eigenvalue weighted by Gasteiger charge is -2.27. The van der Waals surface area contributed by atoms with Crippen LogP contribution in [0.3, 0.4) is 0 Å². The fourth-order valence-electron chi connectivity index (χ4n) is 4.22. The summed E-state index contributed by atoms with van der Waals surface area (Å²) in [6.45, 7) is 5.35. The van der Waals surface area contributed by atoms with Gasteiger partial charge in [-0.3, -0.25) is 9.59 Å². The number of benzene rings is 2. The van der Waals surface area contributed by atoms with Gasteiger partial charge >= 0.3 is 12.1 Å². The number of ether oxygens (including phenoxy) is 5. The molecule has 1 amide bonds. The van der Waals surface area contributed by atoms with Crippen LogP contribution in [-0.4, -0.2) is 58.4 Å². The van der Waals surface area contributed by atoms with E-state index in [-0.39, 0.29) is 37.1 Å². The number of ketones is 1.